The van der Waals surface area contributed by atoms with Crippen LogP contribution < -0.4 is 10.5 Å². The molecule has 0 radical (unpaired) electrons. The topological polar surface area (TPSA) is 85.3 Å². The van der Waals surface area contributed by atoms with Crippen LogP contribution in [0.15, 0.2) is 27.5 Å². The maximum absolute atomic E-state index is 12.4. The van der Waals surface area contributed by atoms with Gasteiger partial charge < -0.3 is 10.2 Å². The van der Waals surface area contributed by atoms with Gasteiger partial charge in [0.05, 0.1) is 27.3 Å². The number of nitrogens with two attached hydrogens (primary N) is 1. The fourth-order valence-corrected chi connectivity index (χ4v) is 3.62. The number of nitrogens with one attached hydrogen (secondary N) is 1. The molecule has 0 aliphatic heterocycles. The predicted octanol–water partition coefficient (Wildman–Crippen LogP) is 3.81. The molecule has 2 aromatic rings. The van der Waals surface area contributed by atoms with Gasteiger partial charge in [-0.1, -0.05) is 34.8 Å². The standard InChI is InChI=1S/C12H11Cl3N2O3S/c1-6-12(2-7(5-16)20-6)21(18,19)17-11-4-9(14)8(13)3-10(11)15/h2-4,17H,5,16H2,1H3. The highest BCUT2D eigenvalue weighted by molar-refractivity contribution is 7.92. The first-order valence-corrected chi connectivity index (χ1v) is 8.33. The Balaban J connectivity index is 2.42. The van der Waals surface area contributed by atoms with Crippen molar-refractivity contribution in [1.29, 1.82) is 0 Å². The Labute approximate surface area is 137 Å². The fourth-order valence-electron chi connectivity index (χ4n) is 1.69. The zero-order chi connectivity index (χ0) is 15.8. The van der Waals surface area contributed by atoms with Crippen LogP contribution in [-0.2, 0) is 16.6 Å². The minimum atomic E-state index is -3.87. The van der Waals surface area contributed by atoms with Crippen LogP contribution in [0.5, 0.6) is 0 Å². The van der Waals surface area contributed by atoms with Crippen molar-refractivity contribution in [2.75, 3.05) is 4.72 Å². The Hall–Kier alpha value is -0.920. The van der Waals surface area contributed by atoms with Crippen molar-refractivity contribution in [2.24, 2.45) is 5.73 Å². The molecule has 21 heavy (non-hydrogen) atoms. The van der Waals surface area contributed by atoms with E-state index < -0.39 is 10.0 Å². The molecule has 0 aliphatic rings. The lowest BCUT2D eigenvalue weighted by atomic mass is 10.3. The number of aryl methyl sites for hydroxylation is 1. The third-order valence-electron chi connectivity index (χ3n) is 2.67. The van der Waals surface area contributed by atoms with Crippen molar-refractivity contribution in [3.63, 3.8) is 0 Å². The number of benzene rings is 1. The van der Waals surface area contributed by atoms with Gasteiger partial charge >= 0.3 is 0 Å². The quantitative estimate of drug-likeness (QED) is 0.803. The van der Waals surface area contributed by atoms with Gasteiger partial charge in [0.15, 0.2) is 0 Å². The first kappa shape index (κ1) is 16.5. The molecular weight excluding hydrogens is 359 g/mol. The summed E-state index contributed by atoms with van der Waals surface area (Å²) in [4.78, 5) is -0.00918. The second-order valence-electron chi connectivity index (χ2n) is 4.19. The largest absolute Gasteiger partial charge is 0.464 e. The van der Waals surface area contributed by atoms with Crippen molar-refractivity contribution in [1.82, 2.24) is 0 Å². The zero-order valence-corrected chi connectivity index (χ0v) is 13.9. The highest BCUT2D eigenvalue weighted by Crippen LogP contribution is 2.34. The molecule has 9 heteroatoms. The summed E-state index contributed by atoms with van der Waals surface area (Å²) >= 11 is 17.6. The van der Waals surface area contributed by atoms with Crippen molar-refractivity contribution in [2.45, 2.75) is 18.4 Å². The van der Waals surface area contributed by atoms with Crippen LogP contribution in [0.25, 0.3) is 0 Å². The van der Waals surface area contributed by atoms with Gasteiger partial charge in [0.2, 0.25) is 0 Å². The van der Waals surface area contributed by atoms with Gasteiger partial charge in [-0.2, -0.15) is 0 Å². The third-order valence-corrected chi connectivity index (χ3v) is 5.18. The SMILES string of the molecule is Cc1oc(CN)cc1S(=O)(=O)Nc1cc(Cl)c(Cl)cc1Cl. The number of hydrogen-bond acceptors (Lipinski definition) is 4. The van der Waals surface area contributed by atoms with E-state index in [2.05, 4.69) is 4.72 Å². The number of sulfonamides is 1. The summed E-state index contributed by atoms with van der Waals surface area (Å²) in [7, 11) is -3.87. The average molecular weight is 370 g/mol. The van der Waals surface area contributed by atoms with E-state index in [-0.39, 0.29) is 38.0 Å². The van der Waals surface area contributed by atoms with Gasteiger partial charge in [-0.25, -0.2) is 8.42 Å². The molecular formula is C12H11Cl3N2O3S. The molecule has 0 fully saturated rings. The number of rotatable bonds is 4. The maximum Gasteiger partial charge on any atom is 0.265 e. The Bertz CT molecular complexity index is 787. The van der Waals surface area contributed by atoms with Gasteiger partial charge in [-0.15, -0.1) is 0 Å². The van der Waals surface area contributed by atoms with E-state index in [1.54, 1.807) is 0 Å². The van der Waals surface area contributed by atoms with Crippen LogP contribution in [0, 0.1) is 6.92 Å². The van der Waals surface area contributed by atoms with Crippen molar-refractivity contribution >= 4 is 50.5 Å². The maximum atomic E-state index is 12.4. The molecule has 0 amide bonds. The van der Waals surface area contributed by atoms with E-state index in [0.29, 0.717) is 5.76 Å². The van der Waals surface area contributed by atoms with Crippen LogP contribution in [0.4, 0.5) is 5.69 Å². The summed E-state index contributed by atoms with van der Waals surface area (Å²) in [5, 5.41) is 0.549. The Kier molecular flexibility index (Phi) is 4.75. The average Bonchev–Trinajstić information content (AvgIpc) is 2.78. The molecule has 0 atom stereocenters. The number of anilines is 1. The normalized spacial score (nSPS) is 11.7. The molecule has 114 valence electrons. The second-order valence-corrected chi connectivity index (χ2v) is 7.06. The van der Waals surface area contributed by atoms with E-state index in [9.17, 15) is 8.42 Å². The van der Waals surface area contributed by atoms with Crippen LogP contribution in [-0.4, -0.2) is 8.42 Å². The van der Waals surface area contributed by atoms with Crippen LogP contribution in [0.1, 0.15) is 11.5 Å². The number of hydrogen-bond donors (Lipinski definition) is 2. The van der Waals surface area contributed by atoms with Gasteiger partial charge in [0.25, 0.3) is 10.0 Å². The fraction of sp³-hybridized carbons (Fsp3) is 0.167. The summed E-state index contributed by atoms with van der Waals surface area (Å²) in [6.45, 7) is 1.63. The van der Waals surface area contributed by atoms with E-state index in [0.717, 1.165) is 0 Å². The lowest BCUT2D eigenvalue weighted by molar-refractivity contribution is 0.479. The summed E-state index contributed by atoms with van der Waals surface area (Å²) in [5.74, 6) is 0.604. The first-order valence-electron chi connectivity index (χ1n) is 5.71. The van der Waals surface area contributed by atoms with Crippen LogP contribution in [0.3, 0.4) is 0 Å². The van der Waals surface area contributed by atoms with Crippen molar-refractivity contribution in [3.05, 3.63) is 44.8 Å². The van der Waals surface area contributed by atoms with Crippen molar-refractivity contribution < 1.29 is 12.8 Å². The molecule has 2 rings (SSSR count). The number of furan rings is 1. The smallest absolute Gasteiger partial charge is 0.265 e. The number of halogens is 3. The Morgan fingerprint density at radius 1 is 1.14 bits per heavy atom. The summed E-state index contributed by atoms with van der Waals surface area (Å²) in [6.07, 6.45) is 0. The molecule has 0 saturated heterocycles. The molecule has 0 spiro atoms. The van der Waals surface area contributed by atoms with E-state index >= 15 is 0 Å². The lowest BCUT2D eigenvalue weighted by Crippen LogP contribution is -2.13. The molecule has 0 saturated carbocycles. The minimum Gasteiger partial charge on any atom is -0.464 e. The van der Waals surface area contributed by atoms with E-state index in [1.807, 2.05) is 0 Å². The van der Waals surface area contributed by atoms with Crippen LogP contribution in [0.2, 0.25) is 15.1 Å². The first-order chi connectivity index (χ1) is 9.74. The molecule has 0 aliphatic carbocycles. The predicted molar refractivity (Wildman–Crippen MR) is 83.6 cm³/mol. The minimum absolute atomic E-state index is 0.00918. The Morgan fingerprint density at radius 3 is 2.33 bits per heavy atom. The zero-order valence-electron chi connectivity index (χ0n) is 10.8. The molecule has 1 aromatic carbocycles. The highest BCUT2D eigenvalue weighted by atomic mass is 35.5. The molecule has 1 heterocycles. The van der Waals surface area contributed by atoms with Crippen molar-refractivity contribution in [3.8, 4) is 0 Å². The van der Waals surface area contributed by atoms with Gasteiger partial charge in [0, 0.05) is 6.07 Å². The lowest BCUT2D eigenvalue weighted by Gasteiger charge is -2.10. The summed E-state index contributed by atoms with van der Waals surface area (Å²) in [6, 6.07) is 4.06. The summed E-state index contributed by atoms with van der Waals surface area (Å²) < 4.78 is 32.3. The third kappa shape index (κ3) is 3.46. The van der Waals surface area contributed by atoms with E-state index in [1.165, 1.54) is 25.1 Å². The molecule has 1 aromatic heterocycles. The van der Waals surface area contributed by atoms with Gasteiger partial charge in [-0.05, 0) is 19.1 Å². The molecule has 5 nitrogen and oxygen atoms in total. The van der Waals surface area contributed by atoms with E-state index in [4.69, 9.17) is 45.0 Å². The van der Waals surface area contributed by atoms with Gasteiger partial charge in [0.1, 0.15) is 16.4 Å². The Morgan fingerprint density at radius 2 is 1.76 bits per heavy atom. The molecule has 0 bridgehead atoms. The van der Waals surface area contributed by atoms with Gasteiger partial charge in [-0.3, -0.25) is 4.72 Å². The monoisotopic (exact) mass is 368 g/mol. The van der Waals surface area contributed by atoms with Crippen LogP contribution >= 0.6 is 34.8 Å². The molecule has 0 unspecified atom stereocenters. The second kappa shape index (κ2) is 6.06. The summed E-state index contributed by atoms with van der Waals surface area (Å²) in [5.41, 5.74) is 5.55. The molecule has 3 N–H and O–H groups in total. The highest BCUT2D eigenvalue weighted by Gasteiger charge is 2.22.